The van der Waals surface area contributed by atoms with Crippen LogP contribution in [0.15, 0.2) is 54.6 Å². The van der Waals surface area contributed by atoms with E-state index in [1.165, 1.54) is 11.2 Å². The fraction of sp³-hybridized carbons (Fsp3) is 0.350. The number of sulfonamides is 1. The highest BCUT2D eigenvalue weighted by Crippen LogP contribution is 2.37. The zero-order valence-electron chi connectivity index (χ0n) is 15.7. The van der Waals surface area contributed by atoms with Crippen molar-refractivity contribution in [3.8, 4) is 5.75 Å². The van der Waals surface area contributed by atoms with E-state index in [2.05, 4.69) is 5.32 Å². The highest BCUT2D eigenvalue weighted by atomic mass is 32.2. The van der Waals surface area contributed by atoms with E-state index in [0.29, 0.717) is 17.1 Å². The molecule has 0 aromatic heterocycles. The maximum absolute atomic E-state index is 13.1. The van der Waals surface area contributed by atoms with E-state index in [0.717, 1.165) is 0 Å². The standard InChI is InChI=1S/C20H24N2O4S/c1-15(2)26-18-11-9-16(10-12-18)21-19(23)20(3)13-14-22(27(20,24)25)17-7-5-4-6-8-17/h4-12,15H,13-14H2,1-3H3,(H,21,23)/t20-/m1/s1. The third kappa shape index (κ3) is 3.64. The van der Waals surface area contributed by atoms with Gasteiger partial charge < -0.3 is 10.1 Å². The molecule has 144 valence electrons. The average Bonchev–Trinajstić information content (AvgIpc) is 2.87. The summed E-state index contributed by atoms with van der Waals surface area (Å²) in [4.78, 5) is 12.8. The number of hydrogen-bond donors (Lipinski definition) is 1. The molecule has 0 unspecified atom stereocenters. The van der Waals surface area contributed by atoms with Crippen LogP contribution in [0, 0.1) is 0 Å². The summed E-state index contributed by atoms with van der Waals surface area (Å²) in [6.07, 6.45) is 0.280. The van der Waals surface area contributed by atoms with Crippen LogP contribution in [-0.4, -0.2) is 31.7 Å². The first-order valence-electron chi connectivity index (χ1n) is 8.89. The van der Waals surface area contributed by atoms with Crippen LogP contribution in [0.3, 0.4) is 0 Å². The molecule has 2 aromatic rings. The lowest BCUT2D eigenvalue weighted by Gasteiger charge is -2.25. The van der Waals surface area contributed by atoms with Gasteiger partial charge in [0.25, 0.3) is 0 Å². The molecule has 0 radical (unpaired) electrons. The van der Waals surface area contributed by atoms with Crippen LogP contribution in [0.25, 0.3) is 0 Å². The number of hydrogen-bond acceptors (Lipinski definition) is 4. The van der Waals surface area contributed by atoms with Crippen molar-refractivity contribution in [1.29, 1.82) is 0 Å². The van der Waals surface area contributed by atoms with Crippen LogP contribution in [0.5, 0.6) is 5.75 Å². The minimum Gasteiger partial charge on any atom is -0.491 e. The van der Waals surface area contributed by atoms with E-state index in [1.54, 1.807) is 48.5 Å². The van der Waals surface area contributed by atoms with Crippen LogP contribution < -0.4 is 14.4 Å². The zero-order chi connectivity index (χ0) is 19.7. The highest BCUT2D eigenvalue weighted by molar-refractivity contribution is 7.95. The molecule has 1 amide bonds. The second kappa shape index (κ2) is 7.23. The van der Waals surface area contributed by atoms with Crippen molar-refractivity contribution in [2.24, 2.45) is 0 Å². The third-order valence-electron chi connectivity index (χ3n) is 4.66. The second-order valence-corrected chi connectivity index (χ2v) is 9.33. The van der Waals surface area contributed by atoms with Crippen LogP contribution in [0.1, 0.15) is 27.2 Å². The molecule has 6 nitrogen and oxygen atoms in total. The normalized spacial score (nSPS) is 21.3. The number of carbonyl (C=O) groups excluding carboxylic acids is 1. The lowest BCUT2D eigenvalue weighted by Crippen LogP contribution is -2.47. The Balaban J connectivity index is 1.78. The van der Waals surface area contributed by atoms with Gasteiger partial charge in [-0.2, -0.15) is 0 Å². The molecule has 1 N–H and O–H groups in total. The van der Waals surface area contributed by atoms with E-state index < -0.39 is 20.7 Å². The van der Waals surface area contributed by atoms with Gasteiger partial charge in [-0.1, -0.05) is 18.2 Å². The van der Waals surface area contributed by atoms with E-state index in [-0.39, 0.29) is 19.1 Å². The Hall–Kier alpha value is -2.54. The summed E-state index contributed by atoms with van der Waals surface area (Å²) in [5.41, 5.74) is 1.11. The molecule has 2 aromatic carbocycles. The van der Waals surface area contributed by atoms with Gasteiger partial charge in [-0.3, -0.25) is 9.10 Å². The molecule has 0 spiro atoms. The van der Waals surface area contributed by atoms with E-state index in [1.807, 2.05) is 19.9 Å². The van der Waals surface area contributed by atoms with Crippen molar-refractivity contribution in [2.45, 2.75) is 38.0 Å². The van der Waals surface area contributed by atoms with Gasteiger partial charge in [0, 0.05) is 12.2 Å². The summed E-state index contributed by atoms with van der Waals surface area (Å²) in [6, 6.07) is 15.7. The lowest BCUT2D eigenvalue weighted by atomic mass is 10.1. The van der Waals surface area contributed by atoms with Gasteiger partial charge in [-0.25, -0.2) is 8.42 Å². The highest BCUT2D eigenvalue weighted by Gasteiger charge is 2.54. The first kappa shape index (κ1) is 19.2. The molecule has 0 bridgehead atoms. The van der Waals surface area contributed by atoms with Crippen molar-refractivity contribution >= 4 is 27.3 Å². The quantitative estimate of drug-likeness (QED) is 0.852. The molecule has 1 saturated heterocycles. The zero-order valence-corrected chi connectivity index (χ0v) is 16.5. The van der Waals surface area contributed by atoms with Crippen LogP contribution in [0.4, 0.5) is 11.4 Å². The molecule has 0 aliphatic carbocycles. The molecule has 0 saturated carbocycles. The Kier molecular flexibility index (Phi) is 5.15. The Morgan fingerprint density at radius 3 is 2.33 bits per heavy atom. The average molecular weight is 388 g/mol. The molecule has 1 atom stereocenters. The summed E-state index contributed by atoms with van der Waals surface area (Å²) >= 11 is 0. The van der Waals surface area contributed by atoms with Gasteiger partial charge in [-0.05, 0) is 63.6 Å². The Morgan fingerprint density at radius 1 is 1.11 bits per heavy atom. The third-order valence-corrected chi connectivity index (χ3v) is 7.16. The second-order valence-electron chi connectivity index (χ2n) is 7.04. The number of nitrogens with zero attached hydrogens (tertiary/aromatic N) is 1. The number of rotatable bonds is 5. The van der Waals surface area contributed by atoms with E-state index in [9.17, 15) is 13.2 Å². The largest absolute Gasteiger partial charge is 0.491 e. The minimum absolute atomic E-state index is 0.0527. The molecule has 1 aliphatic rings. The van der Waals surface area contributed by atoms with Gasteiger partial charge in [0.1, 0.15) is 5.75 Å². The maximum Gasteiger partial charge on any atom is 0.249 e. The summed E-state index contributed by atoms with van der Waals surface area (Å²) < 4.78 is 31.5. The molecule has 1 aliphatic heterocycles. The number of para-hydroxylation sites is 1. The van der Waals surface area contributed by atoms with Crippen LogP contribution in [0.2, 0.25) is 0 Å². The van der Waals surface area contributed by atoms with Gasteiger partial charge in [0.15, 0.2) is 4.75 Å². The predicted octanol–water partition coefficient (Wildman–Crippen LogP) is 3.41. The molecular formula is C20H24N2O4S. The number of anilines is 2. The minimum atomic E-state index is -3.83. The van der Waals surface area contributed by atoms with Crippen molar-refractivity contribution in [2.75, 3.05) is 16.2 Å². The van der Waals surface area contributed by atoms with E-state index in [4.69, 9.17) is 4.74 Å². The molecule has 7 heteroatoms. The molecular weight excluding hydrogens is 364 g/mol. The first-order valence-corrected chi connectivity index (χ1v) is 10.3. The van der Waals surface area contributed by atoms with Crippen molar-refractivity contribution in [3.63, 3.8) is 0 Å². The number of amides is 1. The van der Waals surface area contributed by atoms with Gasteiger partial charge in [0.05, 0.1) is 11.8 Å². The van der Waals surface area contributed by atoms with Gasteiger partial charge in [-0.15, -0.1) is 0 Å². The summed E-state index contributed by atoms with van der Waals surface area (Å²) in [5.74, 6) is 0.163. The molecule has 1 heterocycles. The number of benzene rings is 2. The van der Waals surface area contributed by atoms with Crippen molar-refractivity contribution in [1.82, 2.24) is 0 Å². The molecule has 1 fully saturated rings. The summed E-state index contributed by atoms with van der Waals surface area (Å²) in [6.45, 7) is 5.62. The SMILES string of the molecule is CC(C)Oc1ccc(NC(=O)[C@@]2(C)CCN(c3ccccc3)S2(=O)=O)cc1. The fourth-order valence-electron chi connectivity index (χ4n) is 3.05. The monoisotopic (exact) mass is 388 g/mol. The van der Waals surface area contributed by atoms with Crippen LogP contribution >= 0.6 is 0 Å². The maximum atomic E-state index is 13.1. The number of carbonyl (C=O) groups is 1. The Bertz CT molecular complexity index is 911. The van der Waals surface area contributed by atoms with Gasteiger partial charge >= 0.3 is 0 Å². The van der Waals surface area contributed by atoms with Crippen LogP contribution in [-0.2, 0) is 14.8 Å². The predicted molar refractivity (Wildman–Crippen MR) is 107 cm³/mol. The summed E-state index contributed by atoms with van der Waals surface area (Å²) in [5, 5.41) is 2.73. The van der Waals surface area contributed by atoms with Gasteiger partial charge in [0.2, 0.25) is 15.9 Å². The fourth-order valence-corrected chi connectivity index (χ4v) is 4.90. The first-order chi connectivity index (χ1) is 12.7. The lowest BCUT2D eigenvalue weighted by molar-refractivity contribution is -0.118. The summed E-state index contributed by atoms with van der Waals surface area (Å²) in [7, 11) is -3.83. The van der Waals surface area contributed by atoms with Crippen molar-refractivity contribution < 1.29 is 17.9 Å². The molecule has 27 heavy (non-hydrogen) atoms. The molecule has 3 rings (SSSR count). The number of ether oxygens (including phenoxy) is 1. The van der Waals surface area contributed by atoms with Crippen molar-refractivity contribution in [3.05, 3.63) is 54.6 Å². The smallest absolute Gasteiger partial charge is 0.249 e. The Labute approximate surface area is 160 Å². The van der Waals surface area contributed by atoms with E-state index >= 15 is 0 Å². The number of nitrogens with one attached hydrogen (secondary N) is 1. The topological polar surface area (TPSA) is 75.7 Å². The Morgan fingerprint density at radius 2 is 1.74 bits per heavy atom.